The number of carbonyl (C=O) groups is 1. The molecule has 0 radical (unpaired) electrons. The smallest absolute Gasteiger partial charge is 0.312 e. The minimum absolute atomic E-state index is 0.0922. The molecule has 102 valence electrons. The Morgan fingerprint density at radius 1 is 1.12 bits per heavy atom. The van der Waals surface area contributed by atoms with Crippen LogP contribution in [0.4, 0.5) is 0 Å². The molecule has 0 aromatic carbocycles. The zero-order valence-electron chi connectivity index (χ0n) is 11.6. The average molecular weight is 244 g/mol. The Hall–Kier alpha value is -0.570. The second-order valence-corrected chi connectivity index (χ2v) is 4.66. The van der Waals surface area contributed by atoms with E-state index in [0.29, 0.717) is 0 Å². The molecule has 0 heterocycles. The molecule has 0 aliphatic heterocycles. The maximum atomic E-state index is 12.0. The summed E-state index contributed by atoms with van der Waals surface area (Å²) >= 11 is 0. The van der Waals surface area contributed by atoms with Crippen LogP contribution in [0, 0.1) is 5.41 Å². The third kappa shape index (κ3) is 5.53. The van der Waals surface area contributed by atoms with Crippen molar-refractivity contribution in [1.82, 2.24) is 0 Å². The third-order valence-corrected chi connectivity index (χ3v) is 3.62. The Balaban J connectivity index is 4.27. The largest absolute Gasteiger partial charge is 0.463 e. The van der Waals surface area contributed by atoms with Crippen LogP contribution >= 0.6 is 0 Å². The van der Waals surface area contributed by atoms with Crippen molar-refractivity contribution in [2.24, 2.45) is 5.41 Å². The molecular weight excluding hydrogens is 216 g/mol. The summed E-state index contributed by atoms with van der Waals surface area (Å²) in [6, 6.07) is 0. The van der Waals surface area contributed by atoms with Crippen LogP contribution in [-0.2, 0) is 9.53 Å². The van der Waals surface area contributed by atoms with Crippen LogP contribution in [0.1, 0.15) is 65.7 Å². The van der Waals surface area contributed by atoms with Gasteiger partial charge in [0.25, 0.3) is 0 Å². The van der Waals surface area contributed by atoms with Crippen molar-refractivity contribution < 1.29 is 14.6 Å². The lowest BCUT2D eigenvalue weighted by Crippen LogP contribution is -2.32. The minimum Gasteiger partial charge on any atom is -0.463 e. The maximum Gasteiger partial charge on any atom is 0.312 e. The van der Waals surface area contributed by atoms with Crippen LogP contribution in [0.15, 0.2) is 0 Å². The normalized spacial score (nSPS) is 11.5. The number of ether oxygens (including phenoxy) is 1. The van der Waals surface area contributed by atoms with E-state index in [-0.39, 0.29) is 24.6 Å². The molecule has 0 amide bonds. The summed E-state index contributed by atoms with van der Waals surface area (Å²) in [7, 11) is 0. The Morgan fingerprint density at radius 3 is 2.24 bits per heavy atom. The van der Waals surface area contributed by atoms with Crippen LogP contribution in [-0.4, -0.2) is 24.3 Å². The Morgan fingerprint density at radius 2 is 1.76 bits per heavy atom. The number of carbonyl (C=O) groups excluding carboxylic acids is 1. The Kier molecular flexibility index (Phi) is 9.14. The molecule has 0 bridgehead atoms. The van der Waals surface area contributed by atoms with Crippen molar-refractivity contribution in [1.29, 1.82) is 0 Å². The van der Waals surface area contributed by atoms with Gasteiger partial charge in [0.15, 0.2) is 0 Å². The van der Waals surface area contributed by atoms with Crippen molar-refractivity contribution in [2.45, 2.75) is 65.7 Å². The highest BCUT2D eigenvalue weighted by molar-refractivity contribution is 5.76. The van der Waals surface area contributed by atoms with Gasteiger partial charge in [0.1, 0.15) is 6.61 Å². The van der Waals surface area contributed by atoms with E-state index in [4.69, 9.17) is 9.84 Å². The van der Waals surface area contributed by atoms with E-state index in [9.17, 15) is 4.79 Å². The lowest BCUT2D eigenvalue weighted by Gasteiger charge is -2.29. The first-order valence-electron chi connectivity index (χ1n) is 6.95. The fourth-order valence-electron chi connectivity index (χ4n) is 2.18. The molecule has 1 N–H and O–H groups in total. The summed E-state index contributed by atoms with van der Waals surface area (Å²) in [5, 5.41) is 8.70. The minimum atomic E-state index is -0.330. The van der Waals surface area contributed by atoms with Crippen molar-refractivity contribution in [3.05, 3.63) is 0 Å². The van der Waals surface area contributed by atoms with Crippen LogP contribution in [0.5, 0.6) is 0 Å². The molecule has 0 unspecified atom stereocenters. The van der Waals surface area contributed by atoms with Crippen molar-refractivity contribution in [3.63, 3.8) is 0 Å². The standard InChI is InChI=1S/C14H28O3/c1-4-7-8-9-10-14(5-2,6-3)13(16)17-12-11-15/h15H,4-12H2,1-3H3. The van der Waals surface area contributed by atoms with Crippen LogP contribution in [0.3, 0.4) is 0 Å². The molecule has 0 atom stereocenters. The zero-order valence-corrected chi connectivity index (χ0v) is 11.6. The summed E-state index contributed by atoms with van der Waals surface area (Å²) in [5.41, 5.74) is -0.330. The molecule has 0 rings (SSSR count). The molecule has 0 aromatic rings. The van der Waals surface area contributed by atoms with Gasteiger partial charge in [-0.15, -0.1) is 0 Å². The van der Waals surface area contributed by atoms with Crippen molar-refractivity contribution in [3.8, 4) is 0 Å². The molecule has 0 aromatic heterocycles. The molecule has 17 heavy (non-hydrogen) atoms. The van der Waals surface area contributed by atoms with Gasteiger partial charge in [-0.3, -0.25) is 4.79 Å². The summed E-state index contributed by atoms with van der Waals surface area (Å²) < 4.78 is 5.11. The Labute approximate surface area is 106 Å². The zero-order chi connectivity index (χ0) is 13.1. The van der Waals surface area contributed by atoms with Gasteiger partial charge in [0, 0.05) is 0 Å². The van der Waals surface area contributed by atoms with E-state index >= 15 is 0 Å². The molecular formula is C14H28O3. The first kappa shape index (κ1) is 16.4. The van der Waals surface area contributed by atoms with Crippen molar-refractivity contribution in [2.75, 3.05) is 13.2 Å². The number of esters is 1. The van der Waals surface area contributed by atoms with E-state index in [2.05, 4.69) is 6.92 Å². The molecule has 0 fully saturated rings. The highest BCUT2D eigenvalue weighted by Crippen LogP contribution is 2.34. The second-order valence-electron chi connectivity index (χ2n) is 4.66. The number of hydrogen-bond acceptors (Lipinski definition) is 3. The summed E-state index contributed by atoms with van der Waals surface area (Å²) in [4.78, 5) is 12.0. The van der Waals surface area contributed by atoms with E-state index in [1.807, 2.05) is 13.8 Å². The van der Waals surface area contributed by atoms with Gasteiger partial charge in [0.2, 0.25) is 0 Å². The molecule has 0 aliphatic carbocycles. The highest BCUT2D eigenvalue weighted by Gasteiger charge is 2.35. The molecule has 0 saturated heterocycles. The van der Waals surface area contributed by atoms with E-state index in [1.54, 1.807) is 0 Å². The number of hydrogen-bond donors (Lipinski definition) is 1. The number of aliphatic hydroxyl groups is 1. The monoisotopic (exact) mass is 244 g/mol. The highest BCUT2D eigenvalue weighted by atomic mass is 16.5. The van der Waals surface area contributed by atoms with Gasteiger partial charge in [-0.1, -0.05) is 46.5 Å². The average Bonchev–Trinajstić information content (AvgIpc) is 2.37. The van der Waals surface area contributed by atoms with Crippen LogP contribution in [0.2, 0.25) is 0 Å². The van der Waals surface area contributed by atoms with Crippen LogP contribution in [0.25, 0.3) is 0 Å². The van der Waals surface area contributed by atoms with Crippen LogP contribution < -0.4 is 0 Å². The summed E-state index contributed by atoms with van der Waals surface area (Å²) in [6.07, 6.45) is 7.26. The fraction of sp³-hybridized carbons (Fsp3) is 0.929. The predicted octanol–water partition coefficient (Wildman–Crippen LogP) is 3.30. The molecule has 3 nitrogen and oxygen atoms in total. The first-order valence-corrected chi connectivity index (χ1v) is 6.95. The first-order chi connectivity index (χ1) is 8.16. The van der Waals surface area contributed by atoms with E-state index < -0.39 is 0 Å². The SMILES string of the molecule is CCCCCCC(CC)(CC)C(=O)OCCO. The van der Waals surface area contributed by atoms with Gasteiger partial charge >= 0.3 is 5.97 Å². The molecule has 0 spiro atoms. The third-order valence-electron chi connectivity index (χ3n) is 3.62. The molecule has 0 saturated carbocycles. The lowest BCUT2D eigenvalue weighted by molar-refractivity contribution is -0.158. The fourth-order valence-corrected chi connectivity index (χ4v) is 2.18. The van der Waals surface area contributed by atoms with Gasteiger partial charge in [-0.2, -0.15) is 0 Å². The topological polar surface area (TPSA) is 46.5 Å². The second kappa shape index (κ2) is 9.46. The Bertz CT molecular complexity index is 198. The summed E-state index contributed by atoms with van der Waals surface area (Å²) in [6.45, 7) is 6.30. The van der Waals surface area contributed by atoms with Crippen molar-refractivity contribution >= 4 is 5.97 Å². The maximum absolute atomic E-state index is 12.0. The van der Waals surface area contributed by atoms with Gasteiger partial charge in [-0.05, 0) is 19.3 Å². The number of unbranched alkanes of at least 4 members (excludes halogenated alkanes) is 3. The summed E-state index contributed by atoms with van der Waals surface area (Å²) in [5.74, 6) is -0.131. The van der Waals surface area contributed by atoms with Gasteiger partial charge in [-0.25, -0.2) is 0 Å². The molecule has 3 heteroatoms. The van der Waals surface area contributed by atoms with E-state index in [0.717, 1.165) is 25.7 Å². The number of rotatable bonds is 10. The lowest BCUT2D eigenvalue weighted by atomic mass is 9.77. The van der Waals surface area contributed by atoms with E-state index in [1.165, 1.54) is 19.3 Å². The van der Waals surface area contributed by atoms with Gasteiger partial charge in [0.05, 0.1) is 12.0 Å². The number of aliphatic hydroxyl groups excluding tert-OH is 1. The molecule has 0 aliphatic rings. The predicted molar refractivity (Wildman–Crippen MR) is 69.8 cm³/mol. The van der Waals surface area contributed by atoms with Gasteiger partial charge < -0.3 is 9.84 Å². The quantitative estimate of drug-likeness (QED) is 0.474.